The number of nitrogens with zero attached hydrogens (tertiary/aromatic N) is 2. The van der Waals surface area contributed by atoms with Gasteiger partial charge in [-0.3, -0.25) is 4.99 Å². The Morgan fingerprint density at radius 1 is 1.15 bits per heavy atom. The zero-order valence-corrected chi connectivity index (χ0v) is 17.2. The summed E-state index contributed by atoms with van der Waals surface area (Å²) >= 11 is 1.73. The topological polar surface area (TPSA) is 15.6 Å². The molecule has 26 heavy (non-hydrogen) atoms. The molecule has 3 heteroatoms. The Balaban J connectivity index is 1.96. The lowest BCUT2D eigenvalue weighted by Gasteiger charge is -2.43. The molecule has 0 aromatic heterocycles. The second-order valence-electron chi connectivity index (χ2n) is 7.34. The number of hydrogen-bond acceptors (Lipinski definition) is 3. The maximum atomic E-state index is 4.73. The van der Waals surface area contributed by atoms with Crippen LogP contribution in [0, 0.1) is 0 Å². The molecule has 0 bridgehead atoms. The maximum absolute atomic E-state index is 4.73. The summed E-state index contributed by atoms with van der Waals surface area (Å²) < 4.78 is 0. The van der Waals surface area contributed by atoms with Gasteiger partial charge in [0.1, 0.15) is 0 Å². The van der Waals surface area contributed by atoms with Gasteiger partial charge in [0.15, 0.2) is 0 Å². The third-order valence-corrected chi connectivity index (χ3v) is 5.67. The number of anilines is 1. The van der Waals surface area contributed by atoms with Crippen LogP contribution in [0.4, 0.5) is 11.4 Å². The van der Waals surface area contributed by atoms with E-state index in [9.17, 15) is 0 Å². The summed E-state index contributed by atoms with van der Waals surface area (Å²) in [6.07, 6.45) is 7.59. The zero-order valence-electron chi connectivity index (χ0n) is 16.4. The summed E-state index contributed by atoms with van der Waals surface area (Å²) in [5.41, 5.74) is 6.22. The van der Waals surface area contributed by atoms with E-state index < -0.39 is 0 Å². The van der Waals surface area contributed by atoms with Crippen LogP contribution in [0.1, 0.15) is 45.2 Å². The first-order valence-electron chi connectivity index (χ1n) is 9.25. The molecule has 2 aromatic rings. The molecule has 2 aromatic carbocycles. The molecule has 0 amide bonds. The molecule has 0 atom stereocenters. The van der Waals surface area contributed by atoms with E-state index in [1.807, 2.05) is 12.3 Å². The Hall–Kier alpha value is -2.00. The molecule has 1 aliphatic rings. The molecule has 0 saturated heterocycles. The SMILES string of the molecule is CCCN1c2ccc(C=Nc3ccccc3SC)cc2C(C)=CC1(C)C. The summed E-state index contributed by atoms with van der Waals surface area (Å²) in [5.74, 6) is 0. The van der Waals surface area contributed by atoms with Crippen LogP contribution in [0.3, 0.4) is 0 Å². The molecule has 0 fully saturated rings. The number of aliphatic imine (C=N–C) groups is 1. The van der Waals surface area contributed by atoms with Gasteiger partial charge in [0.25, 0.3) is 0 Å². The molecular weight excluding hydrogens is 336 g/mol. The molecule has 0 unspecified atom stereocenters. The highest BCUT2D eigenvalue weighted by atomic mass is 32.2. The van der Waals surface area contributed by atoms with Gasteiger partial charge in [0.2, 0.25) is 0 Å². The van der Waals surface area contributed by atoms with Crippen LogP contribution in [0.25, 0.3) is 5.57 Å². The van der Waals surface area contributed by atoms with Crippen LogP contribution in [-0.2, 0) is 0 Å². The molecule has 0 N–H and O–H groups in total. The molecule has 1 heterocycles. The minimum absolute atomic E-state index is 0.0555. The van der Waals surface area contributed by atoms with E-state index >= 15 is 0 Å². The predicted molar refractivity (Wildman–Crippen MR) is 117 cm³/mol. The van der Waals surface area contributed by atoms with Gasteiger partial charge in [-0.15, -0.1) is 11.8 Å². The van der Waals surface area contributed by atoms with Gasteiger partial charge in [-0.25, -0.2) is 0 Å². The van der Waals surface area contributed by atoms with Gasteiger partial charge in [-0.2, -0.15) is 0 Å². The monoisotopic (exact) mass is 364 g/mol. The van der Waals surface area contributed by atoms with E-state index in [4.69, 9.17) is 4.99 Å². The standard InChI is InChI=1S/C23H28N2S/c1-6-13-25-21-12-11-18(14-19(21)17(2)15-23(25,3)4)16-24-20-9-7-8-10-22(20)26-5/h7-12,14-16H,6,13H2,1-5H3. The number of fused-ring (bicyclic) bond motifs is 1. The lowest BCUT2D eigenvalue weighted by atomic mass is 9.88. The Morgan fingerprint density at radius 3 is 2.65 bits per heavy atom. The highest BCUT2D eigenvalue weighted by Crippen LogP contribution is 2.39. The Bertz CT molecular complexity index is 849. The molecule has 0 spiro atoms. The van der Waals surface area contributed by atoms with Crippen LogP contribution >= 0.6 is 11.8 Å². The van der Waals surface area contributed by atoms with Crippen LogP contribution < -0.4 is 4.90 Å². The Kier molecular flexibility index (Phi) is 5.57. The lowest BCUT2D eigenvalue weighted by molar-refractivity contribution is 0.550. The number of rotatable bonds is 5. The summed E-state index contributed by atoms with van der Waals surface area (Å²) in [5, 5.41) is 0. The fourth-order valence-corrected chi connectivity index (χ4v) is 4.24. The van der Waals surface area contributed by atoms with Crippen molar-refractivity contribution in [2.45, 2.75) is 44.6 Å². The van der Waals surface area contributed by atoms with Crippen molar-refractivity contribution in [1.29, 1.82) is 0 Å². The number of thioether (sulfide) groups is 1. The van der Waals surface area contributed by atoms with Crippen molar-refractivity contribution in [2.75, 3.05) is 17.7 Å². The van der Waals surface area contributed by atoms with E-state index in [-0.39, 0.29) is 5.54 Å². The maximum Gasteiger partial charge on any atom is 0.0765 e. The fraction of sp³-hybridized carbons (Fsp3) is 0.348. The third kappa shape index (κ3) is 3.73. The molecule has 136 valence electrons. The summed E-state index contributed by atoms with van der Waals surface area (Å²) in [4.78, 5) is 8.44. The zero-order chi connectivity index (χ0) is 18.7. The molecular formula is C23H28N2S. The summed E-state index contributed by atoms with van der Waals surface area (Å²) in [6, 6.07) is 15.0. The lowest BCUT2D eigenvalue weighted by Crippen LogP contribution is -2.45. The predicted octanol–water partition coefficient (Wildman–Crippen LogP) is 6.57. The van der Waals surface area contributed by atoms with Crippen molar-refractivity contribution in [1.82, 2.24) is 0 Å². The smallest absolute Gasteiger partial charge is 0.0765 e. The quantitative estimate of drug-likeness (QED) is 0.440. The van der Waals surface area contributed by atoms with Crippen molar-refractivity contribution >= 4 is 34.9 Å². The molecule has 1 aliphatic heterocycles. The molecule has 0 radical (unpaired) electrons. The van der Waals surface area contributed by atoms with Gasteiger partial charge in [-0.05, 0) is 68.8 Å². The van der Waals surface area contributed by atoms with E-state index in [1.165, 1.54) is 21.7 Å². The van der Waals surface area contributed by atoms with Gasteiger partial charge < -0.3 is 4.90 Å². The minimum atomic E-state index is 0.0555. The number of benzene rings is 2. The number of hydrogen-bond donors (Lipinski definition) is 0. The Labute approximate surface area is 162 Å². The summed E-state index contributed by atoms with van der Waals surface area (Å²) in [7, 11) is 0. The normalized spacial score (nSPS) is 15.9. The van der Waals surface area contributed by atoms with Crippen LogP contribution in [-0.4, -0.2) is 24.6 Å². The van der Waals surface area contributed by atoms with E-state index in [2.05, 4.69) is 81.3 Å². The van der Waals surface area contributed by atoms with E-state index in [0.29, 0.717) is 0 Å². The first-order valence-corrected chi connectivity index (χ1v) is 10.5. The molecule has 3 rings (SSSR count). The van der Waals surface area contributed by atoms with Crippen molar-refractivity contribution in [3.8, 4) is 0 Å². The van der Waals surface area contributed by atoms with Crippen molar-refractivity contribution in [3.05, 3.63) is 59.7 Å². The molecule has 0 saturated carbocycles. The third-order valence-electron chi connectivity index (χ3n) is 4.89. The van der Waals surface area contributed by atoms with Crippen LogP contribution in [0.15, 0.2) is 58.4 Å². The highest BCUT2D eigenvalue weighted by Gasteiger charge is 2.30. The van der Waals surface area contributed by atoms with Gasteiger partial charge in [-0.1, -0.05) is 31.2 Å². The van der Waals surface area contributed by atoms with Crippen LogP contribution in [0.2, 0.25) is 0 Å². The molecule has 0 aliphatic carbocycles. The number of para-hydroxylation sites is 1. The van der Waals surface area contributed by atoms with Crippen molar-refractivity contribution in [3.63, 3.8) is 0 Å². The number of allylic oxidation sites excluding steroid dienone is 1. The van der Waals surface area contributed by atoms with Gasteiger partial charge >= 0.3 is 0 Å². The van der Waals surface area contributed by atoms with Gasteiger partial charge in [0, 0.05) is 28.9 Å². The first-order chi connectivity index (χ1) is 12.5. The average Bonchev–Trinajstić information content (AvgIpc) is 2.63. The van der Waals surface area contributed by atoms with E-state index in [0.717, 1.165) is 24.2 Å². The average molecular weight is 365 g/mol. The van der Waals surface area contributed by atoms with E-state index in [1.54, 1.807) is 11.8 Å². The Morgan fingerprint density at radius 2 is 1.92 bits per heavy atom. The summed E-state index contributed by atoms with van der Waals surface area (Å²) in [6.45, 7) is 10.1. The second kappa shape index (κ2) is 7.71. The first kappa shape index (κ1) is 18.8. The second-order valence-corrected chi connectivity index (χ2v) is 8.19. The minimum Gasteiger partial charge on any atom is -0.362 e. The van der Waals surface area contributed by atoms with Crippen molar-refractivity contribution < 1.29 is 0 Å². The molecule has 2 nitrogen and oxygen atoms in total. The highest BCUT2D eigenvalue weighted by molar-refractivity contribution is 7.98. The fourth-order valence-electron chi connectivity index (χ4n) is 3.69. The van der Waals surface area contributed by atoms with Crippen molar-refractivity contribution in [2.24, 2.45) is 4.99 Å². The van der Waals surface area contributed by atoms with Crippen LogP contribution in [0.5, 0.6) is 0 Å². The van der Waals surface area contributed by atoms with Gasteiger partial charge in [0.05, 0.1) is 11.2 Å². The largest absolute Gasteiger partial charge is 0.362 e.